The number of aryl methyl sites for hydroxylation is 1. The molecule has 0 aliphatic carbocycles. The quantitative estimate of drug-likeness (QED) is 0.702. The summed E-state index contributed by atoms with van der Waals surface area (Å²) in [7, 11) is 0. The van der Waals surface area contributed by atoms with Crippen molar-refractivity contribution in [1.82, 2.24) is 4.98 Å². The van der Waals surface area contributed by atoms with Gasteiger partial charge in [0.25, 0.3) is 0 Å². The van der Waals surface area contributed by atoms with Gasteiger partial charge < -0.3 is 5.11 Å². The first-order valence-corrected chi connectivity index (χ1v) is 7.10. The molecule has 0 spiro atoms. The highest BCUT2D eigenvalue weighted by Gasteiger charge is 2.09. The second kappa shape index (κ2) is 4.37. The molecule has 1 heterocycles. The van der Waals surface area contributed by atoms with Crippen LogP contribution in [-0.2, 0) is 0 Å². The highest BCUT2D eigenvalue weighted by molar-refractivity contribution is 9.10. The third-order valence-corrected chi connectivity index (χ3v) is 4.34. The summed E-state index contributed by atoms with van der Waals surface area (Å²) in [6.07, 6.45) is 0. The van der Waals surface area contributed by atoms with Crippen LogP contribution in [0.5, 0.6) is 5.75 Å². The average Bonchev–Trinajstić information content (AvgIpc) is 2.71. The summed E-state index contributed by atoms with van der Waals surface area (Å²) in [5.74, 6) is 0.292. The van der Waals surface area contributed by atoms with Gasteiger partial charge in [0, 0.05) is 10.0 Å². The van der Waals surface area contributed by atoms with Crippen LogP contribution >= 0.6 is 27.3 Å². The Kier molecular flexibility index (Phi) is 2.84. The van der Waals surface area contributed by atoms with Gasteiger partial charge >= 0.3 is 0 Å². The molecule has 0 fully saturated rings. The molecule has 3 aromatic rings. The van der Waals surface area contributed by atoms with E-state index < -0.39 is 0 Å². The maximum Gasteiger partial charge on any atom is 0.124 e. The predicted octanol–water partition coefficient (Wildman–Crippen LogP) is 4.74. The van der Waals surface area contributed by atoms with Crippen LogP contribution in [0, 0.1) is 6.92 Å². The van der Waals surface area contributed by atoms with Gasteiger partial charge in [-0.2, -0.15) is 0 Å². The summed E-state index contributed by atoms with van der Waals surface area (Å²) in [5, 5.41) is 10.4. The zero-order valence-electron chi connectivity index (χ0n) is 9.64. The van der Waals surface area contributed by atoms with Crippen molar-refractivity contribution in [3.8, 4) is 16.3 Å². The third-order valence-electron chi connectivity index (χ3n) is 2.79. The van der Waals surface area contributed by atoms with E-state index in [4.69, 9.17) is 0 Å². The van der Waals surface area contributed by atoms with Crippen molar-refractivity contribution in [3.63, 3.8) is 0 Å². The van der Waals surface area contributed by atoms with E-state index in [1.54, 1.807) is 23.5 Å². The largest absolute Gasteiger partial charge is 0.508 e. The lowest BCUT2D eigenvalue weighted by atomic mass is 10.1. The zero-order chi connectivity index (χ0) is 12.7. The number of thiazole rings is 1. The summed E-state index contributed by atoms with van der Waals surface area (Å²) in [5.41, 5.74) is 3.11. The number of fused-ring (bicyclic) bond motifs is 1. The van der Waals surface area contributed by atoms with Crippen molar-refractivity contribution in [1.29, 1.82) is 0 Å². The highest BCUT2D eigenvalue weighted by Crippen LogP contribution is 2.34. The first-order chi connectivity index (χ1) is 8.63. The Morgan fingerprint density at radius 3 is 2.78 bits per heavy atom. The first-order valence-electron chi connectivity index (χ1n) is 5.49. The van der Waals surface area contributed by atoms with Crippen molar-refractivity contribution >= 4 is 37.5 Å². The summed E-state index contributed by atoms with van der Waals surface area (Å²) >= 11 is 5.13. The fraction of sp³-hybridized carbons (Fsp3) is 0.0714. The van der Waals surface area contributed by atoms with Crippen LogP contribution in [-0.4, -0.2) is 10.1 Å². The van der Waals surface area contributed by atoms with Crippen LogP contribution in [0.25, 0.3) is 20.8 Å². The maximum absolute atomic E-state index is 9.44. The molecule has 1 aromatic heterocycles. The van der Waals surface area contributed by atoms with E-state index in [2.05, 4.69) is 27.0 Å². The van der Waals surface area contributed by atoms with Crippen LogP contribution in [0.1, 0.15) is 5.56 Å². The molecule has 0 saturated carbocycles. The van der Waals surface area contributed by atoms with E-state index in [1.807, 2.05) is 25.1 Å². The van der Waals surface area contributed by atoms with Gasteiger partial charge in [-0.05, 0) is 48.9 Å². The monoisotopic (exact) mass is 319 g/mol. The Labute approximate surface area is 117 Å². The molecule has 2 aromatic carbocycles. The van der Waals surface area contributed by atoms with Crippen LogP contribution in [0.15, 0.2) is 40.9 Å². The lowest BCUT2D eigenvalue weighted by Crippen LogP contribution is -1.81. The molecule has 0 aliphatic rings. The number of halogens is 1. The molecule has 0 saturated heterocycles. The van der Waals surface area contributed by atoms with Gasteiger partial charge in [0.05, 0.1) is 10.2 Å². The van der Waals surface area contributed by atoms with Gasteiger partial charge in [0.15, 0.2) is 0 Å². The minimum atomic E-state index is 0.292. The molecule has 90 valence electrons. The number of phenols is 1. The van der Waals surface area contributed by atoms with Crippen LogP contribution < -0.4 is 0 Å². The van der Waals surface area contributed by atoms with E-state index in [0.29, 0.717) is 5.75 Å². The van der Waals surface area contributed by atoms with Crippen molar-refractivity contribution in [2.24, 2.45) is 0 Å². The molecule has 0 radical (unpaired) electrons. The lowest BCUT2D eigenvalue weighted by Gasteiger charge is -2.01. The molecule has 4 heteroatoms. The minimum Gasteiger partial charge on any atom is -0.508 e. The molecule has 0 unspecified atom stereocenters. The Bertz CT molecular complexity index is 736. The molecule has 0 bridgehead atoms. The third kappa shape index (κ3) is 2.02. The molecule has 2 nitrogen and oxygen atoms in total. The van der Waals surface area contributed by atoms with Crippen molar-refractivity contribution < 1.29 is 5.11 Å². The number of aromatic hydroxyl groups is 1. The maximum atomic E-state index is 9.44. The average molecular weight is 320 g/mol. The second-order valence-electron chi connectivity index (χ2n) is 4.13. The summed E-state index contributed by atoms with van der Waals surface area (Å²) in [6, 6.07) is 11.5. The van der Waals surface area contributed by atoms with E-state index in [1.165, 1.54) is 0 Å². The van der Waals surface area contributed by atoms with Gasteiger partial charge in [-0.1, -0.05) is 15.9 Å². The number of aromatic nitrogens is 1. The zero-order valence-corrected chi connectivity index (χ0v) is 12.0. The fourth-order valence-electron chi connectivity index (χ4n) is 1.90. The van der Waals surface area contributed by atoms with E-state index in [-0.39, 0.29) is 0 Å². The lowest BCUT2D eigenvalue weighted by molar-refractivity contribution is 0.475. The molecular weight excluding hydrogens is 310 g/mol. The number of hydrogen-bond acceptors (Lipinski definition) is 3. The fourth-order valence-corrected chi connectivity index (χ4v) is 3.51. The molecule has 0 aliphatic heterocycles. The van der Waals surface area contributed by atoms with Crippen LogP contribution in [0.3, 0.4) is 0 Å². The van der Waals surface area contributed by atoms with Gasteiger partial charge in [0.2, 0.25) is 0 Å². The van der Waals surface area contributed by atoms with Crippen molar-refractivity contribution in [2.45, 2.75) is 6.92 Å². The topological polar surface area (TPSA) is 33.1 Å². The molecule has 0 amide bonds. The highest BCUT2D eigenvalue weighted by atomic mass is 79.9. The van der Waals surface area contributed by atoms with Gasteiger partial charge in [0.1, 0.15) is 10.8 Å². The molecule has 1 N–H and O–H groups in total. The summed E-state index contributed by atoms with van der Waals surface area (Å²) in [4.78, 5) is 4.63. The second-order valence-corrected chi connectivity index (χ2v) is 6.08. The van der Waals surface area contributed by atoms with E-state index in [0.717, 1.165) is 30.8 Å². The minimum absolute atomic E-state index is 0.292. The summed E-state index contributed by atoms with van der Waals surface area (Å²) in [6.45, 7) is 1.98. The van der Waals surface area contributed by atoms with Crippen molar-refractivity contribution in [3.05, 3.63) is 46.4 Å². The Balaban J connectivity index is 2.19. The predicted molar refractivity (Wildman–Crippen MR) is 79.2 cm³/mol. The Morgan fingerprint density at radius 1 is 1.17 bits per heavy atom. The number of phenolic OH excluding ortho intramolecular Hbond substituents is 1. The van der Waals surface area contributed by atoms with Crippen molar-refractivity contribution in [2.75, 3.05) is 0 Å². The van der Waals surface area contributed by atoms with Gasteiger partial charge in [-0.25, -0.2) is 4.98 Å². The normalized spacial score (nSPS) is 11.0. The standard InChI is InChI=1S/C14H10BrNOS/c1-8-6-10(17)3-4-11(8)14-16-12-5-2-9(15)7-13(12)18-14/h2-7,17H,1H3. The number of nitrogens with zero attached hydrogens (tertiary/aromatic N) is 1. The van der Waals surface area contributed by atoms with Gasteiger partial charge in [-0.15, -0.1) is 11.3 Å². The van der Waals surface area contributed by atoms with Crippen LogP contribution in [0.2, 0.25) is 0 Å². The van der Waals surface area contributed by atoms with E-state index in [9.17, 15) is 5.11 Å². The smallest absolute Gasteiger partial charge is 0.124 e. The molecular formula is C14H10BrNOS. The van der Waals surface area contributed by atoms with Crippen LogP contribution in [0.4, 0.5) is 0 Å². The number of benzene rings is 2. The SMILES string of the molecule is Cc1cc(O)ccc1-c1nc2ccc(Br)cc2s1. The number of hydrogen-bond donors (Lipinski definition) is 1. The van der Waals surface area contributed by atoms with E-state index >= 15 is 0 Å². The Morgan fingerprint density at radius 2 is 2.00 bits per heavy atom. The molecule has 3 rings (SSSR count). The Hall–Kier alpha value is -1.39. The molecule has 18 heavy (non-hydrogen) atoms. The molecule has 0 atom stereocenters. The number of rotatable bonds is 1. The summed E-state index contributed by atoms with van der Waals surface area (Å²) < 4.78 is 2.22. The first kappa shape index (κ1) is 11.7. The van der Waals surface area contributed by atoms with Gasteiger partial charge in [-0.3, -0.25) is 0 Å².